The highest BCUT2D eigenvalue weighted by Crippen LogP contribution is 2.34. The Morgan fingerprint density at radius 2 is 2.36 bits per heavy atom. The van der Waals surface area contributed by atoms with Crippen molar-refractivity contribution in [2.75, 3.05) is 13.1 Å². The van der Waals surface area contributed by atoms with Gasteiger partial charge in [0.05, 0.1) is 13.1 Å². The summed E-state index contributed by atoms with van der Waals surface area (Å²) in [4.78, 5) is 14.8. The third-order valence-electron chi connectivity index (χ3n) is 2.03. The van der Waals surface area contributed by atoms with Gasteiger partial charge < -0.3 is 11.1 Å². The minimum atomic E-state index is -0.354. The first-order valence-electron chi connectivity index (χ1n) is 4.63. The summed E-state index contributed by atoms with van der Waals surface area (Å²) in [6.07, 6.45) is 0. The number of nitrogens with one attached hydrogen (secondary N) is 1. The Hall–Kier alpha value is -0.710. The molecule has 1 aliphatic heterocycles. The highest BCUT2D eigenvalue weighted by atomic mass is 32.2. The van der Waals surface area contributed by atoms with Crippen molar-refractivity contribution in [3.8, 4) is 0 Å². The van der Waals surface area contributed by atoms with Crippen LogP contribution in [-0.2, 0) is 4.79 Å². The molecule has 1 amide bonds. The largest absolute Gasteiger partial charge is 0.368 e. The summed E-state index contributed by atoms with van der Waals surface area (Å²) >= 11 is 1.69. The number of hydrogen-bond acceptors (Lipinski definition) is 4. The van der Waals surface area contributed by atoms with Gasteiger partial charge in [-0.25, -0.2) is 0 Å². The van der Waals surface area contributed by atoms with Gasteiger partial charge >= 0.3 is 0 Å². The van der Waals surface area contributed by atoms with Crippen LogP contribution in [0.5, 0.6) is 0 Å². The maximum absolute atomic E-state index is 10.5. The highest BCUT2D eigenvalue weighted by molar-refractivity contribution is 8.14. The third kappa shape index (κ3) is 3.21. The maximum Gasteiger partial charge on any atom is 0.236 e. The summed E-state index contributed by atoms with van der Waals surface area (Å²) in [6.45, 7) is 7.56. The zero-order valence-electron chi connectivity index (χ0n) is 8.83. The number of nitrogens with two attached hydrogens (primary N) is 1. The number of thioether (sulfide) groups is 1. The molecule has 0 aliphatic carbocycles. The molecule has 1 aliphatic rings. The summed E-state index contributed by atoms with van der Waals surface area (Å²) in [6, 6.07) is 0. The number of primary amides is 1. The predicted octanol–water partition coefficient (Wildman–Crippen LogP) is 0.579. The molecule has 1 rings (SSSR count). The van der Waals surface area contributed by atoms with Gasteiger partial charge in [-0.05, 0) is 5.41 Å². The molecule has 0 radical (unpaired) electrons. The van der Waals surface area contributed by atoms with Crippen molar-refractivity contribution in [3.63, 3.8) is 0 Å². The number of carbonyl (C=O) groups excluding carboxylic acids is 1. The van der Waals surface area contributed by atoms with Gasteiger partial charge in [0, 0.05) is 5.25 Å². The maximum atomic E-state index is 10.5. The van der Waals surface area contributed by atoms with Gasteiger partial charge in [0.1, 0.15) is 0 Å². The van der Waals surface area contributed by atoms with E-state index in [-0.39, 0.29) is 17.9 Å². The summed E-state index contributed by atoms with van der Waals surface area (Å²) in [5.74, 6) is -0.354. The molecule has 0 aromatic carbocycles. The van der Waals surface area contributed by atoms with Gasteiger partial charge in [-0.2, -0.15) is 0 Å². The Bertz CT molecular complexity index is 257. The third-order valence-corrected chi connectivity index (χ3v) is 3.67. The van der Waals surface area contributed by atoms with Gasteiger partial charge in [-0.3, -0.25) is 9.79 Å². The lowest BCUT2D eigenvalue weighted by Crippen LogP contribution is -2.32. The van der Waals surface area contributed by atoms with Gasteiger partial charge in [0.2, 0.25) is 5.91 Å². The second-order valence-corrected chi connectivity index (χ2v) is 5.63. The van der Waals surface area contributed by atoms with Gasteiger partial charge in [-0.15, -0.1) is 0 Å². The van der Waals surface area contributed by atoms with Crippen molar-refractivity contribution < 1.29 is 4.79 Å². The molecule has 0 saturated heterocycles. The second kappa shape index (κ2) is 4.21. The number of rotatable bonds is 2. The smallest absolute Gasteiger partial charge is 0.236 e. The number of carbonyl (C=O) groups is 1. The number of amides is 1. The van der Waals surface area contributed by atoms with Crippen LogP contribution in [0.3, 0.4) is 0 Å². The molecule has 3 N–H and O–H groups in total. The lowest BCUT2D eigenvalue weighted by Gasteiger charge is -2.24. The van der Waals surface area contributed by atoms with Crippen molar-refractivity contribution in [2.45, 2.75) is 26.0 Å². The molecule has 1 atom stereocenters. The van der Waals surface area contributed by atoms with Crippen molar-refractivity contribution in [1.82, 2.24) is 5.32 Å². The molecular formula is C9H17N3OS. The van der Waals surface area contributed by atoms with E-state index in [4.69, 9.17) is 5.73 Å². The summed E-state index contributed by atoms with van der Waals surface area (Å²) in [5, 5.41) is 4.24. The van der Waals surface area contributed by atoms with Gasteiger partial charge in [-0.1, -0.05) is 32.5 Å². The Morgan fingerprint density at radius 3 is 2.79 bits per heavy atom. The molecular weight excluding hydrogens is 198 g/mol. The Labute approximate surface area is 88.7 Å². The van der Waals surface area contributed by atoms with Crippen LogP contribution in [0.1, 0.15) is 20.8 Å². The van der Waals surface area contributed by atoms with Gasteiger partial charge in [0.15, 0.2) is 5.17 Å². The van der Waals surface area contributed by atoms with E-state index in [0.29, 0.717) is 5.25 Å². The SMILES string of the molecule is CC(C)(C)C1CN=C(NCC(N)=O)S1. The number of hydrogen-bond donors (Lipinski definition) is 2. The average Bonchev–Trinajstić information content (AvgIpc) is 2.47. The Balaban J connectivity index is 2.37. The number of aliphatic imine (C=N–C) groups is 1. The van der Waals surface area contributed by atoms with E-state index >= 15 is 0 Å². The fourth-order valence-electron chi connectivity index (χ4n) is 1.09. The topological polar surface area (TPSA) is 67.5 Å². The lowest BCUT2D eigenvalue weighted by molar-refractivity contribution is -0.116. The average molecular weight is 215 g/mol. The van der Waals surface area contributed by atoms with E-state index < -0.39 is 0 Å². The predicted molar refractivity (Wildman–Crippen MR) is 60.3 cm³/mol. The molecule has 0 saturated carbocycles. The summed E-state index contributed by atoms with van der Waals surface area (Å²) < 4.78 is 0. The molecule has 5 heteroatoms. The van der Waals surface area contributed by atoms with E-state index in [1.54, 1.807) is 11.8 Å². The van der Waals surface area contributed by atoms with Crippen LogP contribution >= 0.6 is 11.8 Å². The minimum Gasteiger partial charge on any atom is -0.368 e. The van der Waals surface area contributed by atoms with Crippen LogP contribution in [0.2, 0.25) is 0 Å². The van der Waals surface area contributed by atoms with E-state index in [2.05, 4.69) is 31.1 Å². The second-order valence-electron chi connectivity index (χ2n) is 4.44. The zero-order valence-corrected chi connectivity index (χ0v) is 9.65. The minimum absolute atomic E-state index is 0.169. The molecule has 0 fully saturated rings. The quantitative estimate of drug-likeness (QED) is 0.708. The van der Waals surface area contributed by atoms with Crippen molar-refractivity contribution in [1.29, 1.82) is 0 Å². The number of nitrogens with zero attached hydrogens (tertiary/aromatic N) is 1. The van der Waals surface area contributed by atoms with Crippen LogP contribution in [0.4, 0.5) is 0 Å². The fourth-order valence-corrected chi connectivity index (χ4v) is 2.16. The monoisotopic (exact) mass is 215 g/mol. The van der Waals surface area contributed by atoms with Crippen LogP contribution < -0.4 is 11.1 Å². The molecule has 0 aromatic heterocycles. The summed E-state index contributed by atoms with van der Waals surface area (Å²) in [7, 11) is 0. The normalized spacial score (nSPS) is 21.9. The molecule has 0 bridgehead atoms. The lowest BCUT2D eigenvalue weighted by atomic mass is 9.92. The Morgan fingerprint density at radius 1 is 1.71 bits per heavy atom. The molecule has 80 valence electrons. The first-order chi connectivity index (χ1) is 6.39. The molecule has 1 unspecified atom stereocenters. The van der Waals surface area contributed by atoms with E-state index in [0.717, 1.165) is 11.7 Å². The van der Waals surface area contributed by atoms with E-state index in [9.17, 15) is 4.79 Å². The van der Waals surface area contributed by atoms with Crippen LogP contribution in [-0.4, -0.2) is 29.4 Å². The standard InChI is InChI=1S/C9H17N3OS/c1-9(2,3)6-4-11-8(14-6)12-5-7(10)13/h6H,4-5H2,1-3H3,(H2,10,13)(H,11,12). The Kier molecular flexibility index (Phi) is 3.42. The molecule has 1 heterocycles. The van der Waals surface area contributed by atoms with E-state index in [1.807, 2.05) is 0 Å². The zero-order chi connectivity index (χ0) is 10.8. The van der Waals surface area contributed by atoms with Gasteiger partial charge in [0.25, 0.3) is 0 Å². The molecule has 0 spiro atoms. The summed E-state index contributed by atoms with van der Waals surface area (Å²) in [5.41, 5.74) is 5.27. The van der Waals surface area contributed by atoms with E-state index in [1.165, 1.54) is 0 Å². The van der Waals surface area contributed by atoms with Crippen molar-refractivity contribution >= 4 is 22.8 Å². The van der Waals surface area contributed by atoms with Crippen LogP contribution in [0, 0.1) is 5.41 Å². The van der Waals surface area contributed by atoms with Crippen molar-refractivity contribution in [3.05, 3.63) is 0 Å². The first-order valence-corrected chi connectivity index (χ1v) is 5.51. The number of amidine groups is 1. The van der Waals surface area contributed by atoms with Crippen LogP contribution in [0.15, 0.2) is 4.99 Å². The first kappa shape index (κ1) is 11.4. The molecule has 0 aromatic rings. The molecule has 14 heavy (non-hydrogen) atoms. The molecule has 4 nitrogen and oxygen atoms in total. The van der Waals surface area contributed by atoms with Crippen molar-refractivity contribution in [2.24, 2.45) is 16.1 Å². The fraction of sp³-hybridized carbons (Fsp3) is 0.778. The highest BCUT2D eigenvalue weighted by Gasteiger charge is 2.30. The van der Waals surface area contributed by atoms with Crippen LogP contribution in [0.25, 0.3) is 0 Å².